The molecule has 0 amide bonds. The Hall–Kier alpha value is -1.00. The van der Waals surface area contributed by atoms with Crippen molar-refractivity contribution in [1.29, 1.82) is 0 Å². The van der Waals surface area contributed by atoms with Gasteiger partial charge in [0.15, 0.2) is 0 Å². The van der Waals surface area contributed by atoms with Crippen LogP contribution in [-0.2, 0) is 17.7 Å². The molecular weight excluding hydrogens is 226 g/mol. The van der Waals surface area contributed by atoms with E-state index >= 15 is 0 Å². The largest absolute Gasteiger partial charge is 0.381 e. The highest BCUT2D eigenvalue weighted by atomic mass is 16.5. The van der Waals surface area contributed by atoms with Gasteiger partial charge in [-0.1, -0.05) is 0 Å². The zero-order chi connectivity index (χ0) is 13.0. The summed E-state index contributed by atoms with van der Waals surface area (Å²) in [6.45, 7) is 8.50. The molecule has 1 aromatic rings. The Labute approximate surface area is 109 Å². The lowest BCUT2D eigenvalue weighted by atomic mass is 10.1. The molecule has 18 heavy (non-hydrogen) atoms. The summed E-state index contributed by atoms with van der Waals surface area (Å²) in [6.07, 6.45) is 3.42. The van der Waals surface area contributed by atoms with Gasteiger partial charge < -0.3 is 10.1 Å². The van der Waals surface area contributed by atoms with Crippen molar-refractivity contribution in [1.82, 2.24) is 15.3 Å². The number of ether oxygens (including phenoxy) is 1. The van der Waals surface area contributed by atoms with Crippen LogP contribution in [0.2, 0.25) is 0 Å². The predicted octanol–water partition coefficient (Wildman–Crippen LogP) is 1.92. The lowest BCUT2D eigenvalue weighted by molar-refractivity contribution is 0.149. The van der Waals surface area contributed by atoms with E-state index in [0.717, 1.165) is 42.8 Å². The molecule has 1 heterocycles. The maximum atomic E-state index is 5.34. The van der Waals surface area contributed by atoms with Crippen LogP contribution in [0.4, 0.5) is 0 Å². The lowest BCUT2D eigenvalue weighted by Gasteiger charge is -2.11. The van der Waals surface area contributed by atoms with Crippen LogP contribution in [0.25, 0.3) is 0 Å². The first-order valence-electron chi connectivity index (χ1n) is 6.84. The normalized spacial score (nSPS) is 15.1. The minimum atomic E-state index is 0.703. The van der Waals surface area contributed by atoms with Gasteiger partial charge in [-0.2, -0.15) is 0 Å². The van der Waals surface area contributed by atoms with E-state index in [9.17, 15) is 0 Å². The van der Waals surface area contributed by atoms with E-state index in [1.165, 1.54) is 18.4 Å². The average molecular weight is 249 g/mol. The third-order valence-electron chi connectivity index (χ3n) is 3.29. The predicted molar refractivity (Wildman–Crippen MR) is 71.6 cm³/mol. The molecule has 0 spiro atoms. The molecular formula is C14H23N3O. The van der Waals surface area contributed by atoms with Crippen molar-refractivity contribution < 1.29 is 4.74 Å². The van der Waals surface area contributed by atoms with Gasteiger partial charge in [0, 0.05) is 42.6 Å². The second-order valence-electron chi connectivity index (χ2n) is 4.89. The van der Waals surface area contributed by atoms with Gasteiger partial charge in [-0.25, -0.2) is 9.97 Å². The van der Waals surface area contributed by atoms with Crippen molar-refractivity contribution >= 4 is 0 Å². The highest BCUT2D eigenvalue weighted by Crippen LogP contribution is 2.20. The molecule has 4 heteroatoms. The quantitative estimate of drug-likeness (QED) is 0.750. The Balaban J connectivity index is 1.97. The molecule has 1 aliphatic rings. The Morgan fingerprint density at radius 1 is 1.22 bits per heavy atom. The second-order valence-corrected chi connectivity index (χ2v) is 4.89. The molecule has 0 radical (unpaired) electrons. The zero-order valence-electron chi connectivity index (χ0n) is 11.6. The number of aromatic nitrogens is 2. The van der Waals surface area contributed by atoms with Crippen LogP contribution in [0.15, 0.2) is 0 Å². The van der Waals surface area contributed by atoms with E-state index in [1.807, 2.05) is 6.92 Å². The summed E-state index contributed by atoms with van der Waals surface area (Å²) < 4.78 is 5.34. The maximum absolute atomic E-state index is 5.34. The maximum Gasteiger partial charge on any atom is 0.131 e. The number of nitrogens with one attached hydrogen (secondary N) is 1. The SMILES string of the molecule is CCOCCc1nc(C)c(CNC2CC2)c(C)n1. The molecule has 4 nitrogen and oxygen atoms in total. The molecule has 0 bridgehead atoms. The van der Waals surface area contributed by atoms with Crippen LogP contribution in [0.3, 0.4) is 0 Å². The van der Waals surface area contributed by atoms with Gasteiger partial charge in [0.2, 0.25) is 0 Å². The number of hydrogen-bond acceptors (Lipinski definition) is 4. The fraction of sp³-hybridized carbons (Fsp3) is 0.714. The summed E-state index contributed by atoms with van der Waals surface area (Å²) >= 11 is 0. The number of rotatable bonds is 7. The number of aryl methyl sites for hydroxylation is 2. The topological polar surface area (TPSA) is 47.0 Å². The molecule has 2 rings (SSSR count). The molecule has 100 valence electrons. The Morgan fingerprint density at radius 2 is 1.89 bits per heavy atom. The monoisotopic (exact) mass is 249 g/mol. The standard InChI is InChI=1S/C14H23N3O/c1-4-18-8-7-14-16-10(2)13(11(3)17-14)9-15-12-5-6-12/h12,15H,4-9H2,1-3H3. The molecule has 0 aliphatic heterocycles. The summed E-state index contributed by atoms with van der Waals surface area (Å²) in [5.41, 5.74) is 3.45. The molecule has 1 N–H and O–H groups in total. The van der Waals surface area contributed by atoms with Crippen molar-refractivity contribution in [3.8, 4) is 0 Å². The summed E-state index contributed by atoms with van der Waals surface area (Å²) in [6, 6.07) is 0.724. The van der Waals surface area contributed by atoms with Crippen molar-refractivity contribution in [3.63, 3.8) is 0 Å². The van der Waals surface area contributed by atoms with Gasteiger partial charge in [-0.15, -0.1) is 0 Å². The van der Waals surface area contributed by atoms with E-state index in [1.54, 1.807) is 0 Å². The molecule has 0 atom stereocenters. The smallest absolute Gasteiger partial charge is 0.131 e. The van der Waals surface area contributed by atoms with Gasteiger partial charge in [0.1, 0.15) is 5.82 Å². The number of hydrogen-bond donors (Lipinski definition) is 1. The summed E-state index contributed by atoms with van der Waals surface area (Å²) in [5, 5.41) is 3.52. The van der Waals surface area contributed by atoms with Crippen molar-refractivity contribution in [2.24, 2.45) is 0 Å². The molecule has 1 saturated carbocycles. The van der Waals surface area contributed by atoms with Gasteiger partial charge in [0.05, 0.1) is 6.61 Å². The molecule has 0 aromatic carbocycles. The van der Waals surface area contributed by atoms with Crippen LogP contribution in [0.1, 0.15) is 42.5 Å². The fourth-order valence-corrected chi connectivity index (χ4v) is 2.02. The van der Waals surface area contributed by atoms with Crippen LogP contribution >= 0.6 is 0 Å². The summed E-state index contributed by atoms with van der Waals surface area (Å²) in [5.74, 6) is 0.897. The van der Waals surface area contributed by atoms with Crippen molar-refractivity contribution in [2.45, 2.75) is 52.6 Å². The van der Waals surface area contributed by atoms with Gasteiger partial charge >= 0.3 is 0 Å². The fourth-order valence-electron chi connectivity index (χ4n) is 2.02. The van der Waals surface area contributed by atoms with Crippen LogP contribution in [-0.4, -0.2) is 29.2 Å². The molecule has 1 aromatic heterocycles. The minimum Gasteiger partial charge on any atom is -0.381 e. The zero-order valence-corrected chi connectivity index (χ0v) is 11.6. The minimum absolute atomic E-state index is 0.703. The molecule has 0 unspecified atom stereocenters. The molecule has 1 fully saturated rings. The highest BCUT2D eigenvalue weighted by Gasteiger charge is 2.21. The Kier molecular flexibility index (Phi) is 4.66. The van der Waals surface area contributed by atoms with Gasteiger partial charge in [-0.3, -0.25) is 0 Å². The Morgan fingerprint density at radius 3 is 2.44 bits per heavy atom. The van der Waals surface area contributed by atoms with Gasteiger partial charge in [-0.05, 0) is 33.6 Å². The first kappa shape index (κ1) is 13.4. The van der Waals surface area contributed by atoms with E-state index in [4.69, 9.17) is 4.74 Å². The van der Waals surface area contributed by atoms with Crippen LogP contribution in [0, 0.1) is 13.8 Å². The van der Waals surface area contributed by atoms with Gasteiger partial charge in [0.25, 0.3) is 0 Å². The number of nitrogens with zero attached hydrogens (tertiary/aromatic N) is 2. The van der Waals surface area contributed by atoms with E-state index in [2.05, 4.69) is 29.1 Å². The lowest BCUT2D eigenvalue weighted by Crippen LogP contribution is -2.19. The third kappa shape index (κ3) is 3.75. The van der Waals surface area contributed by atoms with E-state index in [0.29, 0.717) is 6.61 Å². The van der Waals surface area contributed by atoms with Crippen LogP contribution < -0.4 is 5.32 Å². The Bertz CT molecular complexity index is 379. The van der Waals surface area contributed by atoms with E-state index in [-0.39, 0.29) is 0 Å². The van der Waals surface area contributed by atoms with E-state index < -0.39 is 0 Å². The third-order valence-corrected chi connectivity index (χ3v) is 3.29. The van der Waals surface area contributed by atoms with Crippen molar-refractivity contribution in [2.75, 3.05) is 13.2 Å². The second kappa shape index (κ2) is 6.25. The summed E-state index contributed by atoms with van der Waals surface area (Å²) in [7, 11) is 0. The summed E-state index contributed by atoms with van der Waals surface area (Å²) in [4.78, 5) is 9.15. The molecule has 0 saturated heterocycles. The highest BCUT2D eigenvalue weighted by molar-refractivity contribution is 5.24. The first-order valence-corrected chi connectivity index (χ1v) is 6.84. The molecule has 1 aliphatic carbocycles. The first-order chi connectivity index (χ1) is 8.70. The van der Waals surface area contributed by atoms with Crippen molar-refractivity contribution in [3.05, 3.63) is 22.8 Å². The average Bonchev–Trinajstić information content (AvgIpc) is 3.12. The van der Waals surface area contributed by atoms with Crippen LogP contribution in [0.5, 0.6) is 0 Å².